The standard InChI is InChI=1S/C30H29N5O2/c36-28(27-26-11-7-19-35(26)20-22-8-2-3-10-25(22)33-27)21-12-14-23(15-13-21)32-30(37)24-9-6-16-31-29(24)34-17-4-1-5-18-34/h2-3,6-16,19,27,33H,1,4-5,17-18,20H2,(H,32,37). The molecule has 0 spiro atoms. The number of rotatable bonds is 5. The number of ketones is 1. The molecular weight excluding hydrogens is 462 g/mol. The van der Waals surface area contributed by atoms with Crippen molar-refractivity contribution in [2.75, 3.05) is 28.6 Å². The maximum absolute atomic E-state index is 13.6. The van der Waals surface area contributed by atoms with Crippen LogP contribution in [0, 0.1) is 0 Å². The van der Waals surface area contributed by atoms with Gasteiger partial charge in [0.2, 0.25) is 0 Å². The third-order valence-electron chi connectivity index (χ3n) is 7.19. The van der Waals surface area contributed by atoms with Crippen molar-refractivity contribution in [2.45, 2.75) is 31.8 Å². The van der Waals surface area contributed by atoms with Crippen LogP contribution in [0.2, 0.25) is 0 Å². The van der Waals surface area contributed by atoms with E-state index in [2.05, 4.69) is 31.2 Å². The van der Waals surface area contributed by atoms with Crippen molar-refractivity contribution in [1.29, 1.82) is 0 Å². The summed E-state index contributed by atoms with van der Waals surface area (Å²) < 4.78 is 2.11. The normalized spacial score (nSPS) is 16.6. The highest BCUT2D eigenvalue weighted by atomic mass is 16.1. The van der Waals surface area contributed by atoms with Gasteiger partial charge in [0.05, 0.1) is 5.56 Å². The van der Waals surface area contributed by atoms with Gasteiger partial charge in [0, 0.05) is 54.7 Å². The van der Waals surface area contributed by atoms with Gasteiger partial charge in [-0.2, -0.15) is 0 Å². The number of hydrogen-bond acceptors (Lipinski definition) is 5. The summed E-state index contributed by atoms with van der Waals surface area (Å²) in [5.41, 5.74) is 4.82. The lowest BCUT2D eigenvalue weighted by Crippen LogP contribution is -2.32. The van der Waals surface area contributed by atoms with Gasteiger partial charge >= 0.3 is 0 Å². The summed E-state index contributed by atoms with van der Waals surface area (Å²) in [4.78, 5) is 33.5. The van der Waals surface area contributed by atoms with E-state index in [4.69, 9.17) is 0 Å². The molecule has 0 radical (unpaired) electrons. The van der Waals surface area contributed by atoms with E-state index in [-0.39, 0.29) is 11.7 Å². The Bertz CT molecular complexity index is 1440. The maximum atomic E-state index is 13.6. The fraction of sp³-hybridized carbons (Fsp3) is 0.233. The predicted octanol–water partition coefficient (Wildman–Crippen LogP) is 5.52. The molecule has 0 saturated carbocycles. The lowest BCUT2D eigenvalue weighted by atomic mass is 10.0. The quantitative estimate of drug-likeness (QED) is 0.359. The molecule has 6 rings (SSSR count). The number of anilines is 3. The van der Waals surface area contributed by atoms with Crippen molar-refractivity contribution in [3.63, 3.8) is 0 Å². The molecule has 0 bridgehead atoms. The Balaban J connectivity index is 1.20. The Labute approximate surface area is 216 Å². The van der Waals surface area contributed by atoms with Crippen LogP contribution in [0.25, 0.3) is 0 Å². The second kappa shape index (κ2) is 9.93. The number of hydrogen-bond donors (Lipinski definition) is 2. The first-order valence-corrected chi connectivity index (χ1v) is 12.8. The molecule has 7 nitrogen and oxygen atoms in total. The van der Waals surface area contributed by atoms with E-state index >= 15 is 0 Å². The van der Waals surface area contributed by atoms with Crippen LogP contribution in [0.15, 0.2) is 85.2 Å². The number of piperidine rings is 1. The van der Waals surface area contributed by atoms with E-state index < -0.39 is 6.04 Å². The number of fused-ring (bicyclic) bond motifs is 2. The molecular formula is C30H29N5O2. The number of amides is 1. The Kier molecular flexibility index (Phi) is 6.18. The Hall–Kier alpha value is -4.39. The van der Waals surface area contributed by atoms with E-state index in [0.29, 0.717) is 23.4 Å². The zero-order valence-electron chi connectivity index (χ0n) is 20.6. The number of Topliss-reactive ketones (excluding diaryl/α,β-unsaturated/α-hetero) is 1. The summed E-state index contributed by atoms with van der Waals surface area (Å²) in [6.45, 7) is 2.54. The van der Waals surface area contributed by atoms with Crippen LogP contribution in [-0.4, -0.2) is 34.3 Å². The highest BCUT2D eigenvalue weighted by Crippen LogP contribution is 2.31. The van der Waals surface area contributed by atoms with Crippen LogP contribution in [0.5, 0.6) is 0 Å². The second-order valence-corrected chi connectivity index (χ2v) is 9.61. The summed E-state index contributed by atoms with van der Waals surface area (Å²) in [5, 5.41) is 6.44. The van der Waals surface area contributed by atoms with Crippen LogP contribution in [0.3, 0.4) is 0 Å². The minimum atomic E-state index is -0.499. The SMILES string of the molecule is O=C(Nc1ccc(C(=O)C2Nc3ccccc3Cn3cccc32)cc1)c1cccnc1N1CCCCC1. The number of benzene rings is 2. The van der Waals surface area contributed by atoms with Crippen LogP contribution in [-0.2, 0) is 6.54 Å². The summed E-state index contributed by atoms with van der Waals surface area (Å²) in [7, 11) is 0. The number of aromatic nitrogens is 2. The predicted molar refractivity (Wildman–Crippen MR) is 145 cm³/mol. The van der Waals surface area contributed by atoms with Crippen molar-refractivity contribution in [2.24, 2.45) is 0 Å². The number of pyridine rings is 1. The first-order chi connectivity index (χ1) is 18.2. The zero-order chi connectivity index (χ0) is 25.2. The van der Waals surface area contributed by atoms with E-state index in [0.717, 1.165) is 48.7 Å². The van der Waals surface area contributed by atoms with Gasteiger partial charge in [-0.05, 0) is 79.4 Å². The molecule has 186 valence electrons. The molecule has 2 N–H and O–H groups in total. The lowest BCUT2D eigenvalue weighted by Gasteiger charge is -2.29. The first-order valence-electron chi connectivity index (χ1n) is 12.8. The molecule has 2 aromatic heterocycles. The van der Waals surface area contributed by atoms with Gasteiger partial charge in [-0.3, -0.25) is 9.59 Å². The maximum Gasteiger partial charge on any atom is 0.259 e. The molecule has 1 atom stereocenters. The number of carbonyl (C=O) groups is 2. The van der Waals surface area contributed by atoms with Crippen molar-refractivity contribution >= 4 is 28.9 Å². The second-order valence-electron chi connectivity index (χ2n) is 9.61. The van der Waals surface area contributed by atoms with Gasteiger partial charge < -0.3 is 20.1 Å². The largest absolute Gasteiger partial charge is 0.370 e. The van der Waals surface area contributed by atoms with Crippen LogP contribution in [0.1, 0.15) is 57.3 Å². The van der Waals surface area contributed by atoms with Crippen LogP contribution >= 0.6 is 0 Å². The molecule has 1 amide bonds. The third-order valence-corrected chi connectivity index (χ3v) is 7.19. The molecule has 1 unspecified atom stereocenters. The summed E-state index contributed by atoms with van der Waals surface area (Å²) in [6.07, 6.45) is 7.18. The fourth-order valence-corrected chi connectivity index (χ4v) is 5.26. The van der Waals surface area contributed by atoms with Gasteiger partial charge in [-0.15, -0.1) is 0 Å². The van der Waals surface area contributed by atoms with E-state index in [1.165, 1.54) is 6.42 Å². The van der Waals surface area contributed by atoms with Gasteiger partial charge in [0.25, 0.3) is 5.91 Å². The molecule has 2 aliphatic heterocycles. The number of nitrogens with one attached hydrogen (secondary N) is 2. The molecule has 1 saturated heterocycles. The van der Waals surface area contributed by atoms with Crippen molar-refractivity contribution in [3.05, 3.63) is 108 Å². The van der Waals surface area contributed by atoms with Gasteiger partial charge in [-0.25, -0.2) is 4.98 Å². The average Bonchev–Trinajstić information content (AvgIpc) is 3.34. The summed E-state index contributed by atoms with van der Waals surface area (Å²) >= 11 is 0. The monoisotopic (exact) mass is 491 g/mol. The topological polar surface area (TPSA) is 79.3 Å². The first kappa shape index (κ1) is 23.0. The van der Waals surface area contributed by atoms with Crippen LogP contribution in [0.4, 0.5) is 17.2 Å². The van der Waals surface area contributed by atoms with E-state index in [1.807, 2.05) is 42.6 Å². The molecule has 2 aromatic carbocycles. The number of carbonyl (C=O) groups excluding carboxylic acids is 2. The van der Waals surface area contributed by atoms with Crippen molar-refractivity contribution < 1.29 is 9.59 Å². The minimum Gasteiger partial charge on any atom is -0.370 e. The number of para-hydroxylation sites is 1. The molecule has 0 aliphatic carbocycles. The average molecular weight is 492 g/mol. The van der Waals surface area contributed by atoms with E-state index in [9.17, 15) is 9.59 Å². The number of nitrogens with zero attached hydrogens (tertiary/aromatic N) is 3. The Morgan fingerprint density at radius 1 is 0.892 bits per heavy atom. The summed E-state index contributed by atoms with van der Waals surface area (Å²) in [6, 6.07) is 22.3. The molecule has 7 heteroatoms. The molecule has 2 aliphatic rings. The molecule has 4 aromatic rings. The lowest BCUT2D eigenvalue weighted by molar-refractivity contribution is 0.0966. The molecule has 1 fully saturated rings. The van der Waals surface area contributed by atoms with Crippen LogP contribution < -0.4 is 15.5 Å². The molecule has 37 heavy (non-hydrogen) atoms. The molecule has 4 heterocycles. The van der Waals surface area contributed by atoms with Gasteiger partial charge in [-0.1, -0.05) is 18.2 Å². The summed E-state index contributed by atoms with van der Waals surface area (Å²) in [5.74, 6) is 0.510. The Morgan fingerprint density at radius 2 is 1.70 bits per heavy atom. The van der Waals surface area contributed by atoms with Gasteiger partial charge in [0.1, 0.15) is 11.9 Å². The highest BCUT2D eigenvalue weighted by Gasteiger charge is 2.28. The Morgan fingerprint density at radius 3 is 2.54 bits per heavy atom. The fourth-order valence-electron chi connectivity index (χ4n) is 5.26. The highest BCUT2D eigenvalue weighted by molar-refractivity contribution is 6.08. The van der Waals surface area contributed by atoms with Gasteiger partial charge in [0.15, 0.2) is 5.78 Å². The van der Waals surface area contributed by atoms with Crippen molar-refractivity contribution in [1.82, 2.24) is 9.55 Å². The smallest absolute Gasteiger partial charge is 0.259 e. The minimum absolute atomic E-state index is 0.0193. The zero-order valence-corrected chi connectivity index (χ0v) is 20.6. The third kappa shape index (κ3) is 4.60. The van der Waals surface area contributed by atoms with Crippen molar-refractivity contribution in [3.8, 4) is 0 Å². The van der Waals surface area contributed by atoms with E-state index in [1.54, 1.807) is 36.5 Å².